The van der Waals surface area contributed by atoms with Gasteiger partial charge >= 0.3 is 0 Å². The van der Waals surface area contributed by atoms with Gasteiger partial charge in [0.05, 0.1) is 5.41 Å². The summed E-state index contributed by atoms with van der Waals surface area (Å²) in [5.74, 6) is 0.318. The van der Waals surface area contributed by atoms with Gasteiger partial charge in [0.2, 0.25) is 11.8 Å². The lowest BCUT2D eigenvalue weighted by Crippen LogP contribution is -2.51. The van der Waals surface area contributed by atoms with Gasteiger partial charge < -0.3 is 10.2 Å². The van der Waals surface area contributed by atoms with E-state index in [0.717, 1.165) is 51.6 Å². The Bertz CT molecular complexity index is 612. The molecule has 0 bridgehead atoms. The molecule has 4 heteroatoms. The number of nitrogens with one attached hydrogen (secondary N) is 1. The van der Waals surface area contributed by atoms with Crippen LogP contribution < -0.4 is 5.32 Å². The monoisotopic (exact) mass is 328 g/mol. The molecule has 2 amide bonds. The van der Waals surface area contributed by atoms with Crippen molar-refractivity contribution in [3.05, 3.63) is 35.4 Å². The molecule has 1 aromatic carbocycles. The Balaban J connectivity index is 1.71. The minimum absolute atomic E-state index is 0.131. The molecular weight excluding hydrogens is 300 g/mol. The van der Waals surface area contributed by atoms with E-state index in [1.165, 1.54) is 11.1 Å². The average Bonchev–Trinajstić information content (AvgIpc) is 3.06. The van der Waals surface area contributed by atoms with E-state index in [4.69, 9.17) is 0 Å². The van der Waals surface area contributed by atoms with Crippen LogP contribution in [-0.4, -0.2) is 35.8 Å². The van der Waals surface area contributed by atoms with Crippen molar-refractivity contribution in [2.75, 3.05) is 13.1 Å². The van der Waals surface area contributed by atoms with Crippen molar-refractivity contribution in [1.29, 1.82) is 0 Å². The number of nitrogens with zero attached hydrogens (tertiary/aromatic N) is 1. The zero-order chi connectivity index (χ0) is 17.2. The fraction of sp³-hybridized carbons (Fsp3) is 0.600. The van der Waals surface area contributed by atoms with E-state index in [1.807, 2.05) is 4.90 Å². The lowest BCUT2D eigenvalue weighted by molar-refractivity contribution is -0.130. The van der Waals surface area contributed by atoms with E-state index in [9.17, 15) is 9.59 Å². The fourth-order valence-corrected chi connectivity index (χ4v) is 4.23. The first-order valence-corrected chi connectivity index (χ1v) is 9.15. The lowest BCUT2D eigenvalue weighted by Gasteiger charge is -2.35. The van der Waals surface area contributed by atoms with E-state index >= 15 is 0 Å². The van der Waals surface area contributed by atoms with Gasteiger partial charge in [-0.15, -0.1) is 0 Å². The Morgan fingerprint density at radius 1 is 1.17 bits per heavy atom. The van der Waals surface area contributed by atoms with Crippen molar-refractivity contribution in [2.45, 2.75) is 63.8 Å². The Hall–Kier alpha value is -1.84. The SMILES string of the molecule is CC(=O)N1CCC(NC(=O)C2(c3cccc(C)c3)CCCC2)CC1. The van der Waals surface area contributed by atoms with Crippen LogP contribution in [0.4, 0.5) is 0 Å². The van der Waals surface area contributed by atoms with Gasteiger partial charge in [0.1, 0.15) is 0 Å². The maximum Gasteiger partial charge on any atom is 0.230 e. The molecule has 3 rings (SSSR count). The molecule has 1 aromatic rings. The predicted octanol–water partition coefficient (Wildman–Crippen LogP) is 2.93. The highest BCUT2D eigenvalue weighted by molar-refractivity contribution is 5.89. The molecule has 4 nitrogen and oxygen atoms in total. The number of rotatable bonds is 3. The summed E-state index contributed by atoms with van der Waals surface area (Å²) in [6.07, 6.45) is 5.82. The van der Waals surface area contributed by atoms with Gasteiger partial charge in [0, 0.05) is 26.1 Å². The van der Waals surface area contributed by atoms with E-state index in [0.29, 0.717) is 0 Å². The molecular formula is C20H28N2O2. The third-order valence-corrected chi connectivity index (χ3v) is 5.74. The molecule has 0 aromatic heterocycles. The van der Waals surface area contributed by atoms with Crippen LogP contribution in [0.3, 0.4) is 0 Å². The number of amides is 2. The van der Waals surface area contributed by atoms with E-state index in [-0.39, 0.29) is 23.3 Å². The predicted molar refractivity (Wildman–Crippen MR) is 94.7 cm³/mol. The summed E-state index contributed by atoms with van der Waals surface area (Å²) in [5.41, 5.74) is 2.02. The number of hydrogen-bond acceptors (Lipinski definition) is 2. The standard InChI is InChI=1S/C20H28N2O2/c1-15-6-5-7-17(14-15)20(10-3-4-11-20)19(24)21-18-8-12-22(13-9-18)16(2)23/h5-7,14,18H,3-4,8-13H2,1-2H3,(H,21,24). The Kier molecular flexibility index (Phi) is 4.93. The highest BCUT2D eigenvalue weighted by Crippen LogP contribution is 2.41. The maximum absolute atomic E-state index is 13.2. The normalized spacial score (nSPS) is 20.8. The summed E-state index contributed by atoms with van der Waals surface area (Å²) >= 11 is 0. The topological polar surface area (TPSA) is 49.4 Å². The molecule has 1 saturated heterocycles. The van der Waals surface area contributed by atoms with Crippen LogP contribution in [0, 0.1) is 6.92 Å². The van der Waals surface area contributed by atoms with Crippen LogP contribution in [0.15, 0.2) is 24.3 Å². The summed E-state index contributed by atoms with van der Waals surface area (Å²) in [6, 6.07) is 8.61. The largest absolute Gasteiger partial charge is 0.352 e. The first-order valence-electron chi connectivity index (χ1n) is 9.15. The van der Waals surface area contributed by atoms with Crippen LogP contribution in [0.5, 0.6) is 0 Å². The van der Waals surface area contributed by atoms with Gasteiger partial charge in [-0.2, -0.15) is 0 Å². The van der Waals surface area contributed by atoms with Gasteiger partial charge in [0.15, 0.2) is 0 Å². The Morgan fingerprint density at radius 2 is 1.83 bits per heavy atom. The molecule has 0 radical (unpaired) electrons. The van der Waals surface area contributed by atoms with Crippen molar-refractivity contribution in [2.24, 2.45) is 0 Å². The Morgan fingerprint density at radius 3 is 2.42 bits per heavy atom. The van der Waals surface area contributed by atoms with Crippen LogP contribution in [0.25, 0.3) is 0 Å². The molecule has 2 fully saturated rings. The quantitative estimate of drug-likeness (QED) is 0.927. The summed E-state index contributed by atoms with van der Waals surface area (Å²) < 4.78 is 0. The van der Waals surface area contributed by atoms with E-state index in [1.54, 1.807) is 6.92 Å². The number of likely N-dealkylation sites (tertiary alicyclic amines) is 1. The van der Waals surface area contributed by atoms with Crippen LogP contribution in [0.2, 0.25) is 0 Å². The van der Waals surface area contributed by atoms with Crippen molar-refractivity contribution in [3.63, 3.8) is 0 Å². The molecule has 1 aliphatic heterocycles. The Labute approximate surface area is 144 Å². The van der Waals surface area contributed by atoms with Gasteiger partial charge in [-0.05, 0) is 38.2 Å². The number of piperidine rings is 1. The summed E-state index contributed by atoms with van der Waals surface area (Å²) in [4.78, 5) is 26.5. The minimum Gasteiger partial charge on any atom is -0.352 e. The third-order valence-electron chi connectivity index (χ3n) is 5.74. The summed E-state index contributed by atoms with van der Waals surface area (Å²) in [7, 11) is 0. The molecule has 1 heterocycles. The van der Waals surface area contributed by atoms with Gasteiger partial charge in [-0.25, -0.2) is 0 Å². The molecule has 1 aliphatic carbocycles. The second-order valence-corrected chi connectivity index (χ2v) is 7.41. The second-order valence-electron chi connectivity index (χ2n) is 7.41. The smallest absolute Gasteiger partial charge is 0.230 e. The van der Waals surface area contributed by atoms with Gasteiger partial charge in [-0.3, -0.25) is 9.59 Å². The first kappa shape index (κ1) is 17.0. The fourth-order valence-electron chi connectivity index (χ4n) is 4.23. The highest BCUT2D eigenvalue weighted by Gasteiger charge is 2.43. The maximum atomic E-state index is 13.2. The third kappa shape index (κ3) is 3.33. The van der Waals surface area contributed by atoms with Crippen molar-refractivity contribution in [1.82, 2.24) is 10.2 Å². The highest BCUT2D eigenvalue weighted by atomic mass is 16.2. The molecule has 130 valence electrons. The molecule has 1 saturated carbocycles. The van der Waals surface area contributed by atoms with Crippen molar-refractivity contribution < 1.29 is 9.59 Å². The lowest BCUT2D eigenvalue weighted by atomic mass is 9.77. The summed E-state index contributed by atoms with van der Waals surface area (Å²) in [6.45, 7) is 5.20. The number of carbonyl (C=O) groups excluding carboxylic acids is 2. The van der Waals surface area contributed by atoms with Crippen LogP contribution in [-0.2, 0) is 15.0 Å². The zero-order valence-electron chi connectivity index (χ0n) is 14.8. The summed E-state index contributed by atoms with van der Waals surface area (Å²) in [5, 5.41) is 3.30. The van der Waals surface area contributed by atoms with Crippen molar-refractivity contribution in [3.8, 4) is 0 Å². The van der Waals surface area contributed by atoms with E-state index < -0.39 is 0 Å². The van der Waals surface area contributed by atoms with Gasteiger partial charge in [0.25, 0.3) is 0 Å². The zero-order valence-corrected chi connectivity index (χ0v) is 14.8. The van der Waals surface area contributed by atoms with Crippen LogP contribution in [0.1, 0.15) is 56.6 Å². The molecule has 24 heavy (non-hydrogen) atoms. The molecule has 1 N–H and O–H groups in total. The average molecular weight is 328 g/mol. The number of aryl methyl sites for hydroxylation is 1. The molecule has 2 aliphatic rings. The molecule has 0 unspecified atom stereocenters. The second kappa shape index (κ2) is 6.96. The number of benzene rings is 1. The first-order chi connectivity index (χ1) is 11.5. The molecule has 0 atom stereocenters. The number of carbonyl (C=O) groups is 2. The van der Waals surface area contributed by atoms with Gasteiger partial charge in [-0.1, -0.05) is 42.7 Å². The minimum atomic E-state index is -0.357. The van der Waals surface area contributed by atoms with Crippen molar-refractivity contribution >= 4 is 11.8 Å². The molecule has 0 spiro atoms. The van der Waals surface area contributed by atoms with Crippen LogP contribution >= 0.6 is 0 Å². The van der Waals surface area contributed by atoms with E-state index in [2.05, 4.69) is 36.5 Å². The number of hydrogen-bond donors (Lipinski definition) is 1.